The van der Waals surface area contributed by atoms with Crippen LogP contribution in [0, 0.1) is 10.8 Å². The van der Waals surface area contributed by atoms with Gasteiger partial charge in [0.15, 0.2) is 0 Å². The molecule has 0 aliphatic heterocycles. The van der Waals surface area contributed by atoms with Crippen molar-refractivity contribution >= 4 is 5.91 Å². The van der Waals surface area contributed by atoms with Crippen molar-refractivity contribution < 1.29 is 4.79 Å². The van der Waals surface area contributed by atoms with Gasteiger partial charge in [0.25, 0.3) is 0 Å². The third-order valence-electron chi connectivity index (χ3n) is 4.53. The van der Waals surface area contributed by atoms with E-state index in [2.05, 4.69) is 33.0 Å². The Labute approximate surface area is 112 Å². The summed E-state index contributed by atoms with van der Waals surface area (Å²) in [6.45, 7) is 9.27. The molecular formula is C15H30N2O. The fourth-order valence-electron chi connectivity index (χ4n) is 2.99. The Bertz CT molecular complexity index is 275. The summed E-state index contributed by atoms with van der Waals surface area (Å²) in [6, 6.07) is 0.180. The molecule has 1 unspecified atom stereocenters. The number of carbonyl (C=O) groups is 1. The highest BCUT2D eigenvalue weighted by atomic mass is 16.2. The maximum absolute atomic E-state index is 12.6. The Morgan fingerprint density at radius 2 is 1.89 bits per heavy atom. The molecule has 1 aliphatic rings. The quantitative estimate of drug-likeness (QED) is 0.792. The molecule has 0 heterocycles. The normalized spacial score (nSPS) is 20.7. The van der Waals surface area contributed by atoms with E-state index in [-0.39, 0.29) is 22.8 Å². The molecule has 1 rings (SSSR count). The van der Waals surface area contributed by atoms with Crippen LogP contribution in [0.5, 0.6) is 0 Å². The lowest BCUT2D eigenvalue weighted by Gasteiger charge is -2.35. The average Bonchev–Trinajstić information content (AvgIpc) is 2.76. The van der Waals surface area contributed by atoms with Gasteiger partial charge < -0.3 is 11.1 Å². The number of rotatable bonds is 5. The second kappa shape index (κ2) is 6.05. The van der Waals surface area contributed by atoms with Crippen molar-refractivity contribution in [3.8, 4) is 0 Å². The smallest absolute Gasteiger partial charge is 0.226 e. The number of carbonyl (C=O) groups excluding carboxylic acids is 1. The average molecular weight is 254 g/mol. The molecule has 0 bridgehead atoms. The van der Waals surface area contributed by atoms with E-state index in [1.54, 1.807) is 0 Å². The lowest BCUT2D eigenvalue weighted by molar-refractivity contribution is -0.132. The summed E-state index contributed by atoms with van der Waals surface area (Å²) < 4.78 is 0. The lowest BCUT2D eigenvalue weighted by atomic mass is 9.80. The first kappa shape index (κ1) is 15.5. The number of hydrogen-bond acceptors (Lipinski definition) is 2. The van der Waals surface area contributed by atoms with Crippen molar-refractivity contribution in [2.45, 2.75) is 72.3 Å². The van der Waals surface area contributed by atoms with Gasteiger partial charge in [-0.25, -0.2) is 0 Å². The molecule has 1 atom stereocenters. The molecule has 0 aromatic heterocycles. The van der Waals surface area contributed by atoms with E-state index in [0.717, 1.165) is 25.7 Å². The van der Waals surface area contributed by atoms with Gasteiger partial charge in [0.1, 0.15) is 0 Å². The summed E-state index contributed by atoms with van der Waals surface area (Å²) in [5.74, 6) is 0.260. The van der Waals surface area contributed by atoms with Crippen LogP contribution >= 0.6 is 0 Å². The number of hydrogen-bond donors (Lipinski definition) is 2. The second-order valence-corrected chi connectivity index (χ2v) is 6.81. The van der Waals surface area contributed by atoms with Crippen LogP contribution < -0.4 is 11.1 Å². The Hall–Kier alpha value is -0.570. The molecule has 0 aromatic carbocycles. The van der Waals surface area contributed by atoms with E-state index in [1.807, 2.05) is 0 Å². The molecule has 1 saturated carbocycles. The van der Waals surface area contributed by atoms with Crippen molar-refractivity contribution in [3.05, 3.63) is 0 Å². The van der Waals surface area contributed by atoms with Crippen LogP contribution in [-0.2, 0) is 4.79 Å². The van der Waals surface area contributed by atoms with Crippen LogP contribution in [0.15, 0.2) is 0 Å². The predicted octanol–water partition coefficient (Wildman–Crippen LogP) is 2.84. The molecule has 0 radical (unpaired) electrons. The Morgan fingerprint density at radius 3 is 2.28 bits per heavy atom. The fourth-order valence-corrected chi connectivity index (χ4v) is 2.99. The van der Waals surface area contributed by atoms with Crippen molar-refractivity contribution in [1.82, 2.24) is 5.32 Å². The molecule has 1 aliphatic carbocycles. The Kier molecular flexibility index (Phi) is 5.20. The van der Waals surface area contributed by atoms with Gasteiger partial charge in [0.05, 0.1) is 0 Å². The standard InChI is InChI=1S/C15H30N2O/c1-5-15(9-6-7-10-15)13(18)17-12(8-11-16)14(2,3)4/h12H,5-11,16H2,1-4H3,(H,17,18). The highest BCUT2D eigenvalue weighted by Gasteiger charge is 2.41. The molecule has 3 heteroatoms. The van der Waals surface area contributed by atoms with E-state index < -0.39 is 0 Å². The molecule has 0 saturated heterocycles. The van der Waals surface area contributed by atoms with Crippen LogP contribution in [0.2, 0.25) is 0 Å². The topological polar surface area (TPSA) is 55.1 Å². The van der Waals surface area contributed by atoms with Crippen LogP contribution in [0.25, 0.3) is 0 Å². The van der Waals surface area contributed by atoms with Gasteiger partial charge in [-0.05, 0) is 37.6 Å². The number of nitrogens with one attached hydrogen (secondary N) is 1. The van der Waals surface area contributed by atoms with Gasteiger partial charge in [-0.2, -0.15) is 0 Å². The van der Waals surface area contributed by atoms with Crippen molar-refractivity contribution in [2.24, 2.45) is 16.6 Å². The van der Waals surface area contributed by atoms with Gasteiger partial charge >= 0.3 is 0 Å². The third kappa shape index (κ3) is 3.47. The van der Waals surface area contributed by atoms with Crippen molar-refractivity contribution in [1.29, 1.82) is 0 Å². The molecule has 1 fully saturated rings. The molecule has 1 amide bonds. The van der Waals surface area contributed by atoms with E-state index in [1.165, 1.54) is 12.8 Å². The zero-order valence-corrected chi connectivity index (χ0v) is 12.5. The molecule has 106 valence electrons. The molecule has 18 heavy (non-hydrogen) atoms. The Balaban J connectivity index is 2.71. The fraction of sp³-hybridized carbons (Fsp3) is 0.933. The molecule has 0 spiro atoms. The largest absolute Gasteiger partial charge is 0.352 e. The van der Waals surface area contributed by atoms with Crippen LogP contribution in [0.4, 0.5) is 0 Å². The van der Waals surface area contributed by atoms with E-state index in [9.17, 15) is 4.79 Å². The Morgan fingerprint density at radius 1 is 1.33 bits per heavy atom. The zero-order valence-electron chi connectivity index (χ0n) is 12.5. The summed E-state index contributed by atoms with van der Waals surface area (Å²) in [5, 5.41) is 3.27. The maximum atomic E-state index is 12.6. The number of nitrogens with two attached hydrogens (primary N) is 1. The molecule has 3 nitrogen and oxygen atoms in total. The van der Waals surface area contributed by atoms with Gasteiger partial charge in [-0.1, -0.05) is 40.5 Å². The van der Waals surface area contributed by atoms with Gasteiger partial charge in [0, 0.05) is 11.5 Å². The minimum atomic E-state index is -0.0991. The first-order chi connectivity index (χ1) is 8.35. The summed E-state index contributed by atoms with van der Waals surface area (Å²) in [6.07, 6.45) is 6.30. The second-order valence-electron chi connectivity index (χ2n) is 6.81. The number of amides is 1. The van der Waals surface area contributed by atoms with Crippen LogP contribution in [0.3, 0.4) is 0 Å². The van der Waals surface area contributed by atoms with Gasteiger partial charge in [0.2, 0.25) is 5.91 Å². The highest BCUT2D eigenvalue weighted by Crippen LogP contribution is 2.41. The summed E-state index contributed by atoms with van der Waals surface area (Å²) in [7, 11) is 0. The monoisotopic (exact) mass is 254 g/mol. The first-order valence-corrected chi connectivity index (χ1v) is 7.37. The SMILES string of the molecule is CCC1(C(=O)NC(CCN)C(C)(C)C)CCCC1. The molecule has 3 N–H and O–H groups in total. The van der Waals surface area contributed by atoms with Crippen LogP contribution in [0.1, 0.15) is 66.2 Å². The van der Waals surface area contributed by atoms with Gasteiger partial charge in [-0.15, -0.1) is 0 Å². The third-order valence-corrected chi connectivity index (χ3v) is 4.53. The zero-order chi connectivity index (χ0) is 13.8. The highest BCUT2D eigenvalue weighted by molar-refractivity contribution is 5.83. The summed E-state index contributed by atoms with van der Waals surface area (Å²) in [4.78, 5) is 12.6. The van der Waals surface area contributed by atoms with E-state index in [4.69, 9.17) is 5.73 Å². The van der Waals surface area contributed by atoms with E-state index >= 15 is 0 Å². The van der Waals surface area contributed by atoms with Crippen LogP contribution in [-0.4, -0.2) is 18.5 Å². The van der Waals surface area contributed by atoms with Gasteiger partial charge in [-0.3, -0.25) is 4.79 Å². The van der Waals surface area contributed by atoms with Crippen molar-refractivity contribution in [3.63, 3.8) is 0 Å². The maximum Gasteiger partial charge on any atom is 0.226 e. The minimum absolute atomic E-state index is 0.0720. The van der Waals surface area contributed by atoms with Crippen molar-refractivity contribution in [2.75, 3.05) is 6.54 Å². The summed E-state index contributed by atoms with van der Waals surface area (Å²) in [5.41, 5.74) is 5.64. The first-order valence-electron chi connectivity index (χ1n) is 7.37. The minimum Gasteiger partial charge on any atom is -0.352 e. The van der Waals surface area contributed by atoms with E-state index in [0.29, 0.717) is 6.54 Å². The molecular weight excluding hydrogens is 224 g/mol. The predicted molar refractivity (Wildman–Crippen MR) is 76.2 cm³/mol. The molecule has 0 aromatic rings. The summed E-state index contributed by atoms with van der Waals surface area (Å²) >= 11 is 0. The lowest BCUT2D eigenvalue weighted by Crippen LogP contribution is -2.50.